The Hall–Kier alpha value is -3.72. The van der Waals surface area contributed by atoms with Gasteiger partial charge in [0.05, 0.1) is 34.8 Å². The van der Waals surface area contributed by atoms with Gasteiger partial charge >= 0.3 is 0 Å². The second-order valence-corrected chi connectivity index (χ2v) is 9.28. The molecule has 3 heterocycles. The second-order valence-electron chi connectivity index (χ2n) is 9.28. The summed E-state index contributed by atoms with van der Waals surface area (Å²) in [5, 5.41) is 2.35. The average Bonchev–Trinajstić information content (AvgIpc) is 3.06. The highest BCUT2D eigenvalue weighted by atomic mass is 15.0. The lowest BCUT2D eigenvalue weighted by molar-refractivity contribution is 1.17. The summed E-state index contributed by atoms with van der Waals surface area (Å²) in [7, 11) is 0. The van der Waals surface area contributed by atoms with Crippen LogP contribution in [0.2, 0.25) is 0 Å². The van der Waals surface area contributed by atoms with Gasteiger partial charge in [-0.1, -0.05) is 42.5 Å². The number of nitrogens with zero attached hydrogens (tertiary/aromatic N) is 3. The van der Waals surface area contributed by atoms with Crippen LogP contribution in [-0.2, 0) is 0 Å². The number of aromatic nitrogens is 3. The van der Waals surface area contributed by atoms with E-state index in [4.69, 9.17) is 9.97 Å². The first-order valence-corrected chi connectivity index (χ1v) is 11.4. The van der Waals surface area contributed by atoms with Gasteiger partial charge < -0.3 is 4.57 Å². The Morgan fingerprint density at radius 3 is 1.61 bits per heavy atom. The van der Waals surface area contributed by atoms with E-state index < -0.39 is 0 Å². The van der Waals surface area contributed by atoms with Crippen LogP contribution in [0, 0.1) is 34.6 Å². The van der Waals surface area contributed by atoms with E-state index in [0.29, 0.717) is 0 Å². The van der Waals surface area contributed by atoms with Gasteiger partial charge in [0, 0.05) is 27.6 Å². The smallest absolute Gasteiger partial charge is 0.0722 e. The largest absolute Gasteiger partial charge is 0.311 e. The lowest BCUT2D eigenvalue weighted by atomic mass is 9.96. The molecule has 5 rings (SSSR count). The van der Waals surface area contributed by atoms with Crippen molar-refractivity contribution in [2.45, 2.75) is 41.5 Å². The van der Waals surface area contributed by atoms with Gasteiger partial charge in [0.25, 0.3) is 0 Å². The van der Waals surface area contributed by atoms with Crippen LogP contribution in [0.15, 0.2) is 61.4 Å². The predicted molar refractivity (Wildman–Crippen MR) is 141 cm³/mol. The molecule has 33 heavy (non-hydrogen) atoms. The van der Waals surface area contributed by atoms with Crippen LogP contribution in [0.5, 0.6) is 0 Å². The van der Waals surface area contributed by atoms with Crippen molar-refractivity contribution in [2.24, 2.45) is 0 Å². The van der Waals surface area contributed by atoms with Gasteiger partial charge in [-0.3, -0.25) is 9.97 Å². The number of pyridine rings is 2. The van der Waals surface area contributed by atoms with Gasteiger partial charge in [-0.15, -0.1) is 0 Å². The summed E-state index contributed by atoms with van der Waals surface area (Å²) in [6.07, 6.45) is 3.96. The third kappa shape index (κ3) is 3.36. The van der Waals surface area contributed by atoms with Crippen molar-refractivity contribution < 1.29 is 0 Å². The molecule has 164 valence electrons. The zero-order valence-electron chi connectivity index (χ0n) is 20.2. The Bertz CT molecular complexity index is 1540. The van der Waals surface area contributed by atoms with Crippen molar-refractivity contribution in [1.82, 2.24) is 14.5 Å². The Labute approximate surface area is 195 Å². The van der Waals surface area contributed by atoms with Crippen molar-refractivity contribution in [3.05, 3.63) is 89.3 Å². The Morgan fingerprint density at radius 1 is 0.697 bits per heavy atom. The monoisotopic (exact) mass is 431 g/mol. The first-order valence-electron chi connectivity index (χ1n) is 11.4. The van der Waals surface area contributed by atoms with Crippen LogP contribution in [0.3, 0.4) is 0 Å². The molecule has 0 N–H and O–H groups in total. The molecule has 3 nitrogen and oxygen atoms in total. The SMILES string of the molecule is C=C(C)n1c2cnc(-c3c(C)cccc3C)cc2c2cc(-c3c(C)cc(C)cc3C)ncc21. The molecular weight excluding hydrogens is 402 g/mol. The lowest BCUT2D eigenvalue weighted by Crippen LogP contribution is -1.95. The molecule has 3 aromatic heterocycles. The minimum absolute atomic E-state index is 0.953. The predicted octanol–water partition coefficient (Wildman–Crippen LogP) is 7.95. The molecular formula is C30H29N3. The summed E-state index contributed by atoms with van der Waals surface area (Å²) in [5.41, 5.74) is 13.7. The summed E-state index contributed by atoms with van der Waals surface area (Å²) in [6, 6.07) is 15.3. The average molecular weight is 432 g/mol. The van der Waals surface area contributed by atoms with Crippen molar-refractivity contribution in [3.63, 3.8) is 0 Å². The van der Waals surface area contributed by atoms with Gasteiger partial charge in [0.1, 0.15) is 0 Å². The van der Waals surface area contributed by atoms with Gasteiger partial charge in [0.15, 0.2) is 0 Å². The molecule has 0 unspecified atom stereocenters. The van der Waals surface area contributed by atoms with Gasteiger partial charge in [-0.25, -0.2) is 0 Å². The van der Waals surface area contributed by atoms with Crippen LogP contribution in [0.25, 0.3) is 50.0 Å². The summed E-state index contributed by atoms with van der Waals surface area (Å²) >= 11 is 0. The van der Waals surface area contributed by atoms with Crippen LogP contribution in [-0.4, -0.2) is 14.5 Å². The van der Waals surface area contributed by atoms with E-state index >= 15 is 0 Å². The number of hydrogen-bond donors (Lipinski definition) is 0. The molecule has 0 saturated heterocycles. The fourth-order valence-electron chi connectivity index (χ4n) is 5.30. The van der Waals surface area contributed by atoms with Crippen LogP contribution in [0.4, 0.5) is 0 Å². The molecule has 0 saturated carbocycles. The molecule has 0 aliphatic rings. The zero-order valence-corrected chi connectivity index (χ0v) is 20.2. The van der Waals surface area contributed by atoms with Gasteiger partial charge in [0.2, 0.25) is 0 Å². The molecule has 5 aromatic rings. The number of rotatable bonds is 3. The molecule has 0 amide bonds. The first-order chi connectivity index (χ1) is 15.8. The number of allylic oxidation sites excluding steroid dienone is 1. The van der Waals surface area contributed by atoms with Crippen molar-refractivity contribution in [2.75, 3.05) is 0 Å². The summed E-state index contributed by atoms with van der Waals surface area (Å²) < 4.78 is 2.16. The minimum atomic E-state index is 0.953. The summed E-state index contributed by atoms with van der Waals surface area (Å²) in [5.74, 6) is 0. The molecule has 3 heteroatoms. The van der Waals surface area contributed by atoms with E-state index in [1.54, 1.807) is 0 Å². The third-order valence-electron chi connectivity index (χ3n) is 6.59. The summed E-state index contributed by atoms with van der Waals surface area (Å²) in [6.45, 7) is 17.0. The fraction of sp³-hybridized carbons (Fsp3) is 0.200. The minimum Gasteiger partial charge on any atom is -0.311 e. The first kappa shape index (κ1) is 21.1. The molecule has 0 spiro atoms. The standard InChI is InChI=1S/C30H29N3/c1-17(2)33-27-15-31-25(29-19(4)9-8-10-20(29)5)13-23(27)24-14-26(32-16-28(24)33)30-21(6)11-18(3)12-22(30)7/h8-16H,1H2,2-7H3. The Balaban J connectivity index is 1.84. The van der Waals surface area contributed by atoms with E-state index in [1.165, 1.54) is 49.7 Å². The van der Waals surface area contributed by atoms with Gasteiger partial charge in [-0.05, 0) is 75.9 Å². The molecule has 0 fully saturated rings. The van der Waals surface area contributed by atoms with Gasteiger partial charge in [-0.2, -0.15) is 0 Å². The van der Waals surface area contributed by atoms with Crippen molar-refractivity contribution in [3.8, 4) is 22.5 Å². The van der Waals surface area contributed by atoms with E-state index in [0.717, 1.165) is 28.1 Å². The maximum Gasteiger partial charge on any atom is 0.0722 e. The summed E-state index contributed by atoms with van der Waals surface area (Å²) in [4.78, 5) is 9.77. The topological polar surface area (TPSA) is 30.7 Å². The second kappa shape index (κ2) is 7.70. The quantitative estimate of drug-likeness (QED) is 0.290. The normalized spacial score (nSPS) is 11.5. The van der Waals surface area contributed by atoms with E-state index in [1.807, 2.05) is 19.3 Å². The number of hydrogen-bond acceptors (Lipinski definition) is 2. The highest BCUT2D eigenvalue weighted by Gasteiger charge is 2.17. The maximum absolute atomic E-state index is 4.89. The Kier molecular flexibility index (Phi) is 4.93. The van der Waals surface area contributed by atoms with Crippen molar-refractivity contribution in [1.29, 1.82) is 0 Å². The van der Waals surface area contributed by atoms with Crippen molar-refractivity contribution >= 4 is 27.5 Å². The Morgan fingerprint density at radius 2 is 1.15 bits per heavy atom. The number of fused-ring (bicyclic) bond motifs is 3. The molecule has 2 aromatic carbocycles. The third-order valence-corrected chi connectivity index (χ3v) is 6.59. The zero-order chi connectivity index (χ0) is 23.4. The maximum atomic E-state index is 4.89. The van der Waals surface area contributed by atoms with E-state index in [-0.39, 0.29) is 0 Å². The number of benzene rings is 2. The van der Waals surface area contributed by atoms with E-state index in [9.17, 15) is 0 Å². The molecule has 0 atom stereocenters. The highest BCUT2D eigenvalue weighted by Crippen LogP contribution is 2.37. The number of aryl methyl sites for hydroxylation is 5. The van der Waals surface area contributed by atoms with Crippen LogP contribution < -0.4 is 0 Å². The molecule has 0 aliphatic carbocycles. The van der Waals surface area contributed by atoms with Crippen LogP contribution >= 0.6 is 0 Å². The fourth-order valence-corrected chi connectivity index (χ4v) is 5.30. The molecule has 0 aliphatic heterocycles. The molecule has 0 bridgehead atoms. The highest BCUT2D eigenvalue weighted by molar-refractivity contribution is 6.11. The van der Waals surface area contributed by atoms with Crippen LogP contribution in [0.1, 0.15) is 34.7 Å². The molecule has 0 radical (unpaired) electrons. The van der Waals surface area contributed by atoms with E-state index in [2.05, 4.69) is 88.2 Å². The lowest BCUT2D eigenvalue weighted by Gasteiger charge is -2.11.